The molecule has 1 N–H and O–H groups in total. The zero-order chi connectivity index (χ0) is 10.9. The molecule has 1 unspecified atom stereocenters. The van der Waals surface area contributed by atoms with Crippen molar-refractivity contribution in [1.82, 2.24) is 5.09 Å². The van der Waals surface area contributed by atoms with E-state index < -0.39 is 12.2 Å². The van der Waals surface area contributed by atoms with Crippen molar-refractivity contribution in [3.8, 4) is 0 Å². The summed E-state index contributed by atoms with van der Waals surface area (Å²) in [4.78, 5) is 11.7. The average molecular weight is 224 g/mol. The highest BCUT2D eigenvalue weighted by Crippen LogP contribution is 2.39. The monoisotopic (exact) mass is 224 g/mol. The Labute approximate surface area is 86.1 Å². The van der Waals surface area contributed by atoms with Crippen LogP contribution in [0.4, 0.5) is 0 Å². The van der Waals surface area contributed by atoms with Gasteiger partial charge in [0, 0.05) is 5.54 Å². The fourth-order valence-electron chi connectivity index (χ4n) is 0.794. The van der Waals surface area contributed by atoms with Gasteiger partial charge >= 0.3 is 0 Å². The highest BCUT2D eigenvalue weighted by Gasteiger charge is 2.20. The number of rotatable bonds is 2. The first-order chi connectivity index (χ1) is 5.41. The van der Waals surface area contributed by atoms with Gasteiger partial charge in [0.05, 0.1) is 12.2 Å². The Kier molecular flexibility index (Phi) is 4.11. The Morgan fingerprint density at radius 2 is 1.54 bits per heavy atom. The Morgan fingerprint density at radius 3 is 1.77 bits per heavy atom. The lowest BCUT2D eigenvalue weighted by molar-refractivity contribution is -0.194. The van der Waals surface area contributed by atoms with E-state index in [1.54, 1.807) is 0 Å². The summed E-state index contributed by atoms with van der Waals surface area (Å²) in [7, 11) is 0. The fraction of sp³-hybridized carbons (Fsp3) is 1.00. The van der Waals surface area contributed by atoms with E-state index in [1.807, 2.05) is 41.5 Å². The molecule has 0 saturated heterocycles. The van der Waals surface area contributed by atoms with Crippen LogP contribution >= 0.6 is 6.64 Å². The number of hydrogen-bond donors (Lipinski definition) is 1. The lowest BCUT2D eigenvalue weighted by atomic mass is 10.1. The number of nitrogens with one attached hydrogen (secondary N) is 1. The maximum absolute atomic E-state index is 11.7. The molecule has 0 amide bonds. The maximum atomic E-state index is 11.7. The summed E-state index contributed by atoms with van der Waals surface area (Å²) in [6.07, 6.45) is 0. The second kappa shape index (κ2) is 3.95. The van der Waals surface area contributed by atoms with Gasteiger partial charge < -0.3 is 9.42 Å². The van der Waals surface area contributed by atoms with E-state index in [2.05, 4.69) is 5.09 Å². The summed E-state index contributed by atoms with van der Waals surface area (Å²) in [5.74, 6) is 0. The van der Waals surface area contributed by atoms with Crippen molar-refractivity contribution in [2.75, 3.05) is 0 Å². The second-order valence-electron chi connectivity index (χ2n) is 5.06. The van der Waals surface area contributed by atoms with E-state index in [4.69, 9.17) is 16.3 Å². The van der Waals surface area contributed by atoms with Crippen LogP contribution in [0.15, 0.2) is 0 Å². The van der Waals surface area contributed by atoms with Gasteiger partial charge in [0.2, 0.25) is 0 Å². The predicted octanol–water partition coefficient (Wildman–Crippen LogP) is 1.77. The van der Waals surface area contributed by atoms with Crippen LogP contribution in [0.5, 0.6) is 0 Å². The van der Waals surface area contributed by atoms with Gasteiger partial charge in [-0.25, -0.2) is 0 Å². The van der Waals surface area contributed by atoms with Crippen LogP contribution in [-0.2, 0) is 16.3 Å². The number of hydrogen-bond acceptors (Lipinski definition) is 3. The Morgan fingerprint density at radius 1 is 1.15 bits per heavy atom. The van der Waals surface area contributed by atoms with Crippen LogP contribution in [-0.4, -0.2) is 11.1 Å². The molecule has 0 aliphatic carbocycles. The first-order valence-corrected chi connectivity index (χ1v) is 6.86. The predicted molar refractivity (Wildman–Crippen MR) is 58.0 cm³/mol. The van der Waals surface area contributed by atoms with Gasteiger partial charge in [-0.3, -0.25) is 5.09 Å². The van der Waals surface area contributed by atoms with E-state index in [0.717, 1.165) is 0 Å². The molecule has 0 aliphatic rings. The molecular formula is C8H19NO2PS-. The zero-order valence-electron chi connectivity index (χ0n) is 9.17. The molecule has 1 atom stereocenters. The van der Waals surface area contributed by atoms with E-state index in [1.165, 1.54) is 0 Å². The molecule has 80 valence electrons. The standard InChI is InChI=1S/C8H20NO2PS/c1-7(2,3)9-12(10,13)11-8(4,5)6/h1-6H3,(H2,9,10,13)/p-1. The third-order valence-electron chi connectivity index (χ3n) is 0.866. The van der Waals surface area contributed by atoms with Crippen LogP contribution in [0.3, 0.4) is 0 Å². The smallest absolute Gasteiger partial charge is 0.0652 e. The molecule has 0 heterocycles. The molecule has 0 aromatic rings. The minimum atomic E-state index is -3.10. The van der Waals surface area contributed by atoms with E-state index in [9.17, 15) is 4.89 Å². The highest BCUT2D eigenvalue weighted by molar-refractivity contribution is 8.07. The van der Waals surface area contributed by atoms with Crippen LogP contribution < -0.4 is 9.98 Å². The molecule has 0 aromatic heterocycles. The minimum Gasteiger partial charge on any atom is -0.789 e. The van der Waals surface area contributed by atoms with Crippen molar-refractivity contribution in [3.05, 3.63) is 0 Å². The van der Waals surface area contributed by atoms with Crippen molar-refractivity contribution in [2.45, 2.75) is 52.7 Å². The van der Waals surface area contributed by atoms with Gasteiger partial charge in [-0.2, -0.15) is 0 Å². The van der Waals surface area contributed by atoms with Gasteiger partial charge in [0.1, 0.15) is 0 Å². The maximum Gasteiger partial charge on any atom is 0.0652 e. The molecule has 13 heavy (non-hydrogen) atoms. The van der Waals surface area contributed by atoms with Gasteiger partial charge in [0.15, 0.2) is 0 Å². The zero-order valence-corrected chi connectivity index (χ0v) is 10.9. The third-order valence-corrected chi connectivity index (χ3v) is 3.10. The molecule has 3 nitrogen and oxygen atoms in total. The molecule has 0 aliphatic heterocycles. The summed E-state index contributed by atoms with van der Waals surface area (Å²) >= 11 is 4.86. The molecule has 0 fully saturated rings. The van der Waals surface area contributed by atoms with Gasteiger partial charge in [-0.1, -0.05) is 11.8 Å². The molecule has 0 spiro atoms. The molecule has 0 aromatic carbocycles. The van der Waals surface area contributed by atoms with Crippen molar-refractivity contribution in [3.63, 3.8) is 0 Å². The molecule has 0 radical (unpaired) electrons. The summed E-state index contributed by atoms with van der Waals surface area (Å²) < 4.78 is 5.26. The van der Waals surface area contributed by atoms with Crippen LogP contribution in [0.25, 0.3) is 0 Å². The van der Waals surface area contributed by atoms with Crippen LogP contribution in [0.2, 0.25) is 0 Å². The molecule has 0 saturated carbocycles. The molecule has 0 bridgehead atoms. The van der Waals surface area contributed by atoms with Crippen molar-refractivity contribution in [1.29, 1.82) is 0 Å². The quantitative estimate of drug-likeness (QED) is 0.726. The topological polar surface area (TPSA) is 44.3 Å². The van der Waals surface area contributed by atoms with Gasteiger partial charge in [0.25, 0.3) is 0 Å². The Hall–Kier alpha value is 0.530. The molecule has 0 rings (SSSR count). The minimum absolute atomic E-state index is 0.289. The first kappa shape index (κ1) is 13.5. The van der Waals surface area contributed by atoms with E-state index >= 15 is 0 Å². The lowest BCUT2D eigenvalue weighted by Crippen LogP contribution is -2.39. The van der Waals surface area contributed by atoms with Gasteiger partial charge in [-0.05, 0) is 41.5 Å². The third kappa shape index (κ3) is 8.85. The average Bonchev–Trinajstić information content (AvgIpc) is 1.43. The largest absolute Gasteiger partial charge is 0.789 e. The van der Waals surface area contributed by atoms with E-state index in [0.29, 0.717) is 0 Å². The highest BCUT2D eigenvalue weighted by atomic mass is 32.5. The van der Waals surface area contributed by atoms with Crippen molar-refractivity contribution in [2.24, 2.45) is 0 Å². The summed E-state index contributed by atoms with van der Waals surface area (Å²) in [6, 6.07) is 0. The fourth-order valence-corrected chi connectivity index (χ4v) is 3.87. The Balaban J connectivity index is 4.35. The normalized spacial score (nSPS) is 18.4. The first-order valence-electron chi connectivity index (χ1n) is 4.23. The lowest BCUT2D eigenvalue weighted by Gasteiger charge is -2.40. The second-order valence-corrected chi connectivity index (χ2v) is 7.91. The van der Waals surface area contributed by atoms with Crippen LogP contribution in [0, 0.1) is 0 Å². The summed E-state index contributed by atoms with van der Waals surface area (Å²) in [5, 5.41) is 2.80. The van der Waals surface area contributed by atoms with Gasteiger partial charge in [-0.15, -0.1) is 0 Å². The SMILES string of the molecule is CC(C)(C)NP([O-])(=S)OC(C)(C)C. The molecule has 5 heteroatoms. The van der Waals surface area contributed by atoms with Crippen molar-refractivity contribution < 1.29 is 9.42 Å². The van der Waals surface area contributed by atoms with Crippen molar-refractivity contribution >= 4 is 18.4 Å². The molecular weight excluding hydrogens is 205 g/mol. The van der Waals surface area contributed by atoms with E-state index in [-0.39, 0.29) is 5.54 Å². The summed E-state index contributed by atoms with van der Waals surface area (Å²) in [5.41, 5.74) is -0.766. The summed E-state index contributed by atoms with van der Waals surface area (Å²) in [6.45, 7) is 8.09. The van der Waals surface area contributed by atoms with Crippen LogP contribution in [0.1, 0.15) is 41.5 Å². The Bertz CT molecular complexity index is 197.